The Kier molecular flexibility index (Phi) is 6.07. The molecule has 0 aliphatic heterocycles. The lowest BCUT2D eigenvalue weighted by atomic mass is 10.3. The number of benzene rings is 3. The summed E-state index contributed by atoms with van der Waals surface area (Å²) in [6.07, 6.45) is -0.465. The fraction of sp³-hybridized carbons (Fsp3) is 0.0526. The van der Waals surface area contributed by atoms with Crippen molar-refractivity contribution in [2.75, 3.05) is 6.35 Å². The molecule has 0 bridgehead atoms. The van der Waals surface area contributed by atoms with E-state index in [-0.39, 0.29) is 33.4 Å². The van der Waals surface area contributed by atoms with E-state index in [1.165, 1.54) is 60.7 Å². The van der Waals surface area contributed by atoms with Gasteiger partial charge in [-0.2, -0.15) is 0 Å². The molecule has 0 fully saturated rings. The quantitative estimate of drug-likeness (QED) is 0.289. The molecule has 0 spiro atoms. The highest BCUT2D eigenvalue weighted by molar-refractivity contribution is 7.78. The van der Waals surface area contributed by atoms with Crippen molar-refractivity contribution in [3.8, 4) is 5.75 Å². The Bertz CT molecular complexity index is 1150. The Morgan fingerprint density at radius 3 is 1.55 bits per heavy atom. The molecule has 12 heteroatoms. The fourth-order valence-corrected chi connectivity index (χ4v) is 5.05. The van der Waals surface area contributed by atoms with E-state index in [4.69, 9.17) is 4.74 Å². The van der Waals surface area contributed by atoms with Gasteiger partial charge in [0.2, 0.25) is 0 Å². The number of nitrogens with zero attached hydrogens (tertiary/aromatic N) is 3. The third-order valence-corrected chi connectivity index (χ3v) is 7.09. The highest BCUT2D eigenvalue weighted by Crippen LogP contribution is 2.44. The minimum Gasteiger partial charge on any atom is -0.485 e. The monoisotopic (exact) mass is 443 g/mol. The van der Waals surface area contributed by atoms with Crippen LogP contribution in [-0.2, 0) is 4.57 Å². The standard InChI is InChI=1S/C19H14N3O8P/c23-20(24)14-7-9-17(10-8-14)30-13-31(29,18-5-1-3-15(11-18)21(25)26)19-6-2-4-16(12-19)22(27)28/h1-12H,13H2. The molecule has 0 aromatic heterocycles. The van der Waals surface area contributed by atoms with Crippen LogP contribution < -0.4 is 15.3 Å². The number of hydrogen-bond donors (Lipinski definition) is 0. The predicted molar refractivity (Wildman–Crippen MR) is 112 cm³/mol. The van der Waals surface area contributed by atoms with Crippen LogP contribution in [0.15, 0.2) is 72.8 Å². The lowest BCUT2D eigenvalue weighted by molar-refractivity contribution is -0.385. The first-order valence-corrected chi connectivity index (χ1v) is 10.6. The average Bonchev–Trinajstić information content (AvgIpc) is 2.77. The van der Waals surface area contributed by atoms with Crippen molar-refractivity contribution in [2.45, 2.75) is 0 Å². The Labute approximate surface area is 174 Å². The third kappa shape index (κ3) is 4.73. The van der Waals surface area contributed by atoms with Gasteiger partial charge in [-0.25, -0.2) is 0 Å². The molecule has 0 heterocycles. The van der Waals surface area contributed by atoms with Crippen LogP contribution in [0.25, 0.3) is 0 Å². The molecular formula is C19H14N3O8P. The van der Waals surface area contributed by atoms with Crippen LogP contribution in [0.3, 0.4) is 0 Å². The second-order valence-electron chi connectivity index (χ2n) is 6.32. The first-order valence-electron chi connectivity index (χ1n) is 8.67. The Balaban J connectivity index is 2.04. The van der Waals surface area contributed by atoms with Crippen LogP contribution in [0, 0.1) is 30.3 Å². The minimum absolute atomic E-state index is 0.0871. The minimum atomic E-state index is -3.72. The molecule has 3 aromatic rings. The van der Waals surface area contributed by atoms with Gasteiger partial charge in [0, 0.05) is 47.0 Å². The van der Waals surface area contributed by atoms with Crippen LogP contribution in [0.2, 0.25) is 0 Å². The van der Waals surface area contributed by atoms with Crippen LogP contribution >= 0.6 is 7.14 Å². The molecule has 31 heavy (non-hydrogen) atoms. The molecule has 0 unspecified atom stereocenters. The van der Waals surface area contributed by atoms with Gasteiger partial charge in [0.1, 0.15) is 12.1 Å². The van der Waals surface area contributed by atoms with E-state index in [0.717, 1.165) is 12.1 Å². The fourth-order valence-electron chi connectivity index (χ4n) is 2.79. The molecule has 0 atom stereocenters. The molecule has 0 aliphatic rings. The highest BCUT2D eigenvalue weighted by atomic mass is 31.2. The first-order chi connectivity index (χ1) is 14.7. The maximum absolute atomic E-state index is 14.0. The summed E-state index contributed by atoms with van der Waals surface area (Å²) in [5.74, 6) is 0.182. The van der Waals surface area contributed by atoms with Crippen LogP contribution in [0.1, 0.15) is 0 Å². The molecule has 11 nitrogen and oxygen atoms in total. The van der Waals surface area contributed by atoms with E-state index in [1.54, 1.807) is 0 Å². The van der Waals surface area contributed by atoms with E-state index in [1.807, 2.05) is 0 Å². The van der Waals surface area contributed by atoms with Gasteiger partial charge in [0.05, 0.1) is 14.8 Å². The van der Waals surface area contributed by atoms with Crippen molar-refractivity contribution >= 4 is 34.8 Å². The number of nitro benzene ring substituents is 3. The molecule has 0 amide bonds. The number of hydrogen-bond acceptors (Lipinski definition) is 8. The summed E-state index contributed by atoms with van der Waals surface area (Å²) < 4.78 is 19.6. The van der Waals surface area contributed by atoms with Gasteiger partial charge in [-0.15, -0.1) is 0 Å². The van der Waals surface area contributed by atoms with Crippen molar-refractivity contribution in [2.24, 2.45) is 0 Å². The largest absolute Gasteiger partial charge is 0.485 e. The highest BCUT2D eigenvalue weighted by Gasteiger charge is 2.31. The molecule has 158 valence electrons. The SMILES string of the molecule is O=[N+]([O-])c1ccc(OCP(=O)(c2cccc([N+](=O)[O-])c2)c2cccc([N+](=O)[O-])c2)cc1. The second kappa shape index (κ2) is 8.72. The summed E-state index contributed by atoms with van der Waals surface area (Å²) in [4.78, 5) is 31.3. The van der Waals surface area contributed by atoms with Gasteiger partial charge in [-0.3, -0.25) is 30.3 Å². The van der Waals surface area contributed by atoms with Gasteiger partial charge in [0.15, 0.2) is 7.14 Å². The molecule has 0 N–H and O–H groups in total. The van der Waals surface area contributed by atoms with E-state index < -0.39 is 28.3 Å². The second-order valence-corrected chi connectivity index (χ2v) is 9.09. The number of nitro groups is 3. The Morgan fingerprint density at radius 2 is 1.13 bits per heavy atom. The van der Waals surface area contributed by atoms with Crippen LogP contribution in [0.5, 0.6) is 5.75 Å². The Hall–Kier alpha value is -4.11. The molecule has 3 aromatic carbocycles. The third-order valence-electron chi connectivity index (χ3n) is 4.38. The molecule has 3 rings (SSSR count). The van der Waals surface area contributed by atoms with Crippen molar-refractivity contribution < 1.29 is 24.1 Å². The Morgan fingerprint density at radius 1 is 0.677 bits per heavy atom. The summed E-state index contributed by atoms with van der Waals surface area (Å²) in [6.45, 7) is 0. The van der Waals surface area contributed by atoms with Crippen LogP contribution in [0.4, 0.5) is 17.1 Å². The van der Waals surface area contributed by atoms with Gasteiger partial charge < -0.3 is 9.30 Å². The van der Waals surface area contributed by atoms with Crippen molar-refractivity contribution in [1.29, 1.82) is 0 Å². The predicted octanol–water partition coefficient (Wildman–Crippen LogP) is 3.76. The molecule has 0 aliphatic carbocycles. The van der Waals surface area contributed by atoms with Crippen LogP contribution in [-0.4, -0.2) is 21.1 Å². The van der Waals surface area contributed by atoms with Gasteiger partial charge in [0.25, 0.3) is 17.1 Å². The normalized spacial score (nSPS) is 11.0. The zero-order valence-electron chi connectivity index (χ0n) is 15.7. The number of rotatable bonds is 8. The zero-order chi connectivity index (χ0) is 22.6. The van der Waals surface area contributed by atoms with Gasteiger partial charge >= 0.3 is 0 Å². The maximum atomic E-state index is 14.0. The number of ether oxygens (including phenoxy) is 1. The lowest BCUT2D eigenvalue weighted by Crippen LogP contribution is -2.21. The maximum Gasteiger partial charge on any atom is 0.270 e. The van der Waals surface area contributed by atoms with Gasteiger partial charge in [-0.1, -0.05) is 24.3 Å². The summed E-state index contributed by atoms with van der Waals surface area (Å²) in [7, 11) is -3.72. The summed E-state index contributed by atoms with van der Waals surface area (Å²) in [5.41, 5.74) is -0.745. The first kappa shape index (κ1) is 21.6. The van der Waals surface area contributed by atoms with E-state index in [0.29, 0.717) is 0 Å². The molecule has 0 radical (unpaired) electrons. The zero-order valence-corrected chi connectivity index (χ0v) is 16.6. The van der Waals surface area contributed by atoms with Gasteiger partial charge in [-0.05, 0) is 12.1 Å². The smallest absolute Gasteiger partial charge is 0.270 e. The lowest BCUT2D eigenvalue weighted by Gasteiger charge is -2.19. The molecular weight excluding hydrogens is 429 g/mol. The number of non-ortho nitro benzene ring substituents is 3. The summed E-state index contributed by atoms with van der Waals surface area (Å²) in [5, 5.41) is 33.3. The molecule has 0 saturated carbocycles. The van der Waals surface area contributed by atoms with E-state index >= 15 is 0 Å². The topological polar surface area (TPSA) is 156 Å². The van der Waals surface area contributed by atoms with E-state index in [9.17, 15) is 34.9 Å². The van der Waals surface area contributed by atoms with Crippen molar-refractivity contribution in [3.63, 3.8) is 0 Å². The molecule has 0 saturated heterocycles. The van der Waals surface area contributed by atoms with Crippen molar-refractivity contribution in [3.05, 3.63) is 103 Å². The average molecular weight is 443 g/mol. The van der Waals surface area contributed by atoms with E-state index in [2.05, 4.69) is 0 Å². The van der Waals surface area contributed by atoms with Crippen molar-refractivity contribution in [1.82, 2.24) is 0 Å². The summed E-state index contributed by atoms with van der Waals surface area (Å²) >= 11 is 0. The summed E-state index contributed by atoms with van der Waals surface area (Å²) in [6, 6.07) is 15.4.